The fraction of sp³-hybridized carbons (Fsp3) is 0.625. The molecule has 0 spiro atoms. The van der Waals surface area contributed by atoms with Crippen molar-refractivity contribution in [2.45, 2.75) is 19.9 Å². The quantitative estimate of drug-likeness (QED) is 0.690. The number of amides is 1. The molecule has 1 rings (SSSR count). The van der Waals surface area contributed by atoms with Gasteiger partial charge in [0.25, 0.3) is 5.91 Å². The molecule has 0 unspecified atom stereocenters. The molecule has 1 aromatic heterocycles. The summed E-state index contributed by atoms with van der Waals surface area (Å²) in [6.07, 6.45) is 1.47. The van der Waals surface area contributed by atoms with Gasteiger partial charge in [0.05, 0.1) is 17.9 Å². The maximum Gasteiger partial charge on any atom is 0.272 e. The molecule has 0 aliphatic rings. The van der Waals surface area contributed by atoms with E-state index in [9.17, 15) is 4.79 Å². The molecule has 14 heavy (non-hydrogen) atoms. The largest absolute Gasteiger partial charge is 0.349 e. The SMILES string of the molecule is CC(C)NCCNC(=O)c1cnsn1. The van der Waals surface area contributed by atoms with Gasteiger partial charge >= 0.3 is 0 Å². The standard InChI is InChI=1S/C8H14N4OS/c1-6(2)9-3-4-10-8(13)7-5-11-14-12-7/h5-6,9H,3-4H2,1-2H3,(H,10,13). The first-order valence-corrected chi connectivity index (χ1v) is 5.22. The molecule has 0 aliphatic heterocycles. The zero-order valence-corrected chi connectivity index (χ0v) is 9.10. The van der Waals surface area contributed by atoms with Crippen LogP contribution < -0.4 is 10.6 Å². The Bertz CT molecular complexity index is 273. The fourth-order valence-corrected chi connectivity index (χ4v) is 1.30. The molecule has 78 valence electrons. The van der Waals surface area contributed by atoms with E-state index in [4.69, 9.17) is 0 Å². The summed E-state index contributed by atoms with van der Waals surface area (Å²) in [5.74, 6) is -0.163. The predicted octanol–water partition coefficient (Wildman–Crippen LogP) is 0.266. The Morgan fingerprint density at radius 2 is 2.36 bits per heavy atom. The van der Waals surface area contributed by atoms with Gasteiger partial charge in [-0.1, -0.05) is 13.8 Å². The normalized spacial score (nSPS) is 10.5. The second kappa shape index (κ2) is 5.66. The average molecular weight is 214 g/mol. The molecule has 5 nitrogen and oxygen atoms in total. The summed E-state index contributed by atoms with van der Waals surface area (Å²) in [7, 11) is 0. The number of rotatable bonds is 5. The summed E-state index contributed by atoms with van der Waals surface area (Å²) in [6.45, 7) is 5.49. The second-order valence-corrected chi connectivity index (χ2v) is 3.71. The highest BCUT2D eigenvalue weighted by atomic mass is 32.1. The van der Waals surface area contributed by atoms with Crippen molar-refractivity contribution < 1.29 is 4.79 Å². The lowest BCUT2D eigenvalue weighted by atomic mass is 10.4. The van der Waals surface area contributed by atoms with Gasteiger partial charge in [-0.15, -0.1) is 0 Å². The maximum atomic E-state index is 11.3. The Morgan fingerprint density at radius 3 is 2.93 bits per heavy atom. The molecule has 1 heterocycles. The lowest BCUT2D eigenvalue weighted by Crippen LogP contribution is -2.34. The minimum absolute atomic E-state index is 0.163. The first kappa shape index (κ1) is 11.1. The third kappa shape index (κ3) is 3.80. The lowest BCUT2D eigenvalue weighted by Gasteiger charge is -2.07. The summed E-state index contributed by atoms with van der Waals surface area (Å²) in [6, 6.07) is 0.438. The van der Waals surface area contributed by atoms with Crippen molar-refractivity contribution in [3.63, 3.8) is 0 Å². The Kier molecular flexibility index (Phi) is 4.48. The first-order chi connectivity index (χ1) is 6.70. The first-order valence-electron chi connectivity index (χ1n) is 4.49. The van der Waals surface area contributed by atoms with Crippen LogP contribution in [-0.2, 0) is 0 Å². The number of carbonyl (C=O) groups is 1. The van der Waals surface area contributed by atoms with Gasteiger partial charge in [-0.2, -0.15) is 8.75 Å². The number of carbonyl (C=O) groups excluding carboxylic acids is 1. The molecule has 1 aromatic rings. The van der Waals surface area contributed by atoms with E-state index in [1.165, 1.54) is 6.20 Å². The Balaban J connectivity index is 2.16. The summed E-state index contributed by atoms with van der Waals surface area (Å²) in [5.41, 5.74) is 0.388. The van der Waals surface area contributed by atoms with Gasteiger partial charge in [0.15, 0.2) is 5.69 Å². The van der Waals surface area contributed by atoms with E-state index in [2.05, 4.69) is 33.2 Å². The molecule has 0 saturated carbocycles. The van der Waals surface area contributed by atoms with E-state index in [0.29, 0.717) is 18.3 Å². The van der Waals surface area contributed by atoms with Crippen LogP contribution in [0.1, 0.15) is 24.3 Å². The van der Waals surface area contributed by atoms with Gasteiger partial charge in [-0.05, 0) is 0 Å². The van der Waals surface area contributed by atoms with E-state index in [0.717, 1.165) is 18.3 Å². The number of aromatic nitrogens is 2. The number of nitrogens with one attached hydrogen (secondary N) is 2. The summed E-state index contributed by atoms with van der Waals surface area (Å²) < 4.78 is 7.58. The van der Waals surface area contributed by atoms with E-state index < -0.39 is 0 Å². The Hall–Kier alpha value is -1.01. The minimum atomic E-state index is -0.163. The smallest absolute Gasteiger partial charge is 0.272 e. The summed E-state index contributed by atoms with van der Waals surface area (Å²) in [4.78, 5) is 11.3. The third-order valence-electron chi connectivity index (χ3n) is 1.56. The van der Waals surface area contributed by atoms with Crippen LogP contribution in [0, 0.1) is 0 Å². The van der Waals surface area contributed by atoms with E-state index in [-0.39, 0.29) is 5.91 Å². The topological polar surface area (TPSA) is 66.9 Å². The molecular weight excluding hydrogens is 200 g/mol. The van der Waals surface area contributed by atoms with Gasteiger partial charge < -0.3 is 10.6 Å². The highest BCUT2D eigenvalue weighted by molar-refractivity contribution is 6.99. The van der Waals surface area contributed by atoms with Gasteiger partial charge in [0.1, 0.15) is 0 Å². The molecule has 0 aliphatic carbocycles. The van der Waals surface area contributed by atoms with E-state index in [1.54, 1.807) is 0 Å². The van der Waals surface area contributed by atoms with E-state index >= 15 is 0 Å². The van der Waals surface area contributed by atoms with Gasteiger partial charge in [-0.3, -0.25) is 4.79 Å². The highest BCUT2D eigenvalue weighted by Crippen LogP contribution is 1.93. The Labute approximate surface area is 87.2 Å². The van der Waals surface area contributed by atoms with Crippen LogP contribution in [0.5, 0.6) is 0 Å². The average Bonchev–Trinajstić information content (AvgIpc) is 2.64. The molecule has 0 fully saturated rings. The van der Waals surface area contributed by atoms with Crippen molar-refractivity contribution in [1.29, 1.82) is 0 Å². The Morgan fingerprint density at radius 1 is 1.57 bits per heavy atom. The van der Waals surface area contributed by atoms with Gasteiger partial charge in [0.2, 0.25) is 0 Å². The molecule has 0 bridgehead atoms. The number of nitrogens with zero attached hydrogens (tertiary/aromatic N) is 2. The zero-order valence-electron chi connectivity index (χ0n) is 8.28. The summed E-state index contributed by atoms with van der Waals surface area (Å²) >= 11 is 1.04. The van der Waals surface area contributed by atoms with Crippen molar-refractivity contribution >= 4 is 17.6 Å². The lowest BCUT2D eigenvalue weighted by molar-refractivity contribution is 0.0949. The van der Waals surface area contributed by atoms with Crippen LogP contribution in [0.25, 0.3) is 0 Å². The molecule has 0 aromatic carbocycles. The zero-order chi connectivity index (χ0) is 10.4. The van der Waals surface area contributed by atoms with Crippen molar-refractivity contribution in [1.82, 2.24) is 19.4 Å². The fourth-order valence-electron chi connectivity index (χ4n) is 0.892. The summed E-state index contributed by atoms with van der Waals surface area (Å²) in [5, 5.41) is 5.94. The van der Waals surface area contributed by atoms with Crippen LogP contribution in [-0.4, -0.2) is 33.8 Å². The van der Waals surface area contributed by atoms with E-state index in [1.807, 2.05) is 0 Å². The van der Waals surface area contributed by atoms with Crippen LogP contribution in [0.4, 0.5) is 0 Å². The van der Waals surface area contributed by atoms with Crippen molar-refractivity contribution in [3.05, 3.63) is 11.9 Å². The van der Waals surface area contributed by atoms with Crippen molar-refractivity contribution in [2.75, 3.05) is 13.1 Å². The third-order valence-corrected chi connectivity index (χ3v) is 2.04. The number of hydrogen-bond donors (Lipinski definition) is 2. The van der Waals surface area contributed by atoms with Gasteiger partial charge in [0, 0.05) is 19.1 Å². The van der Waals surface area contributed by atoms with Crippen LogP contribution >= 0.6 is 11.7 Å². The molecule has 1 amide bonds. The molecule has 0 saturated heterocycles. The monoisotopic (exact) mass is 214 g/mol. The second-order valence-electron chi connectivity index (χ2n) is 3.16. The van der Waals surface area contributed by atoms with Crippen molar-refractivity contribution in [2.24, 2.45) is 0 Å². The molecule has 6 heteroatoms. The molecule has 0 atom stereocenters. The molecule has 2 N–H and O–H groups in total. The predicted molar refractivity (Wildman–Crippen MR) is 55.4 cm³/mol. The molecule has 0 radical (unpaired) electrons. The van der Waals surface area contributed by atoms with Crippen LogP contribution in [0.15, 0.2) is 6.20 Å². The van der Waals surface area contributed by atoms with Crippen LogP contribution in [0.3, 0.4) is 0 Å². The minimum Gasteiger partial charge on any atom is -0.349 e. The number of hydrogen-bond acceptors (Lipinski definition) is 5. The van der Waals surface area contributed by atoms with Gasteiger partial charge in [-0.25, -0.2) is 0 Å². The molecular formula is C8H14N4OS. The maximum absolute atomic E-state index is 11.3. The highest BCUT2D eigenvalue weighted by Gasteiger charge is 2.06. The van der Waals surface area contributed by atoms with Crippen LogP contribution in [0.2, 0.25) is 0 Å². The van der Waals surface area contributed by atoms with Crippen molar-refractivity contribution in [3.8, 4) is 0 Å².